The first-order valence-corrected chi connectivity index (χ1v) is 8.84. The van der Waals surface area contributed by atoms with E-state index in [1.165, 1.54) is 6.07 Å². The van der Waals surface area contributed by atoms with Gasteiger partial charge in [0, 0.05) is 12.3 Å². The highest BCUT2D eigenvalue weighted by atomic mass is 16.7. The molecule has 4 atom stereocenters. The predicted octanol–water partition coefficient (Wildman–Crippen LogP) is -1.39. The van der Waals surface area contributed by atoms with Gasteiger partial charge in [0.1, 0.15) is 29.4 Å². The molecule has 5 N–H and O–H groups in total. The minimum atomic E-state index is -1.43. The molecule has 0 amide bonds. The first-order valence-electron chi connectivity index (χ1n) is 8.84. The van der Waals surface area contributed by atoms with Gasteiger partial charge in [-0.1, -0.05) is 6.07 Å². The van der Waals surface area contributed by atoms with Crippen LogP contribution in [0, 0.1) is 0 Å². The Morgan fingerprint density at radius 3 is 2.32 bits per heavy atom. The fourth-order valence-electron chi connectivity index (χ4n) is 3.10. The van der Waals surface area contributed by atoms with Gasteiger partial charge in [-0.05, 0) is 12.1 Å². The van der Waals surface area contributed by atoms with Crippen LogP contribution in [0.5, 0.6) is 5.75 Å². The van der Waals surface area contributed by atoms with E-state index in [0.717, 1.165) is 29.0 Å². The Morgan fingerprint density at radius 2 is 1.77 bits per heavy atom. The Balaban J connectivity index is 1.84. The van der Waals surface area contributed by atoms with Gasteiger partial charge < -0.3 is 34.6 Å². The van der Waals surface area contributed by atoms with Crippen LogP contribution in [0.3, 0.4) is 0 Å². The van der Waals surface area contributed by atoms with Crippen molar-refractivity contribution in [3.63, 3.8) is 0 Å². The number of hydrogen-bond acceptors (Lipinski definition) is 9. The molecular formula is C18H18N2O11. The molecule has 3 rings (SSSR count). The Bertz CT molecular complexity index is 1060. The number of para-hydroxylation sites is 1. The lowest BCUT2D eigenvalue weighted by atomic mass is 10.1. The number of aromatic nitrogens is 2. The van der Waals surface area contributed by atoms with Gasteiger partial charge in [-0.3, -0.25) is 14.3 Å². The van der Waals surface area contributed by atoms with Gasteiger partial charge in [0.15, 0.2) is 18.8 Å². The van der Waals surface area contributed by atoms with E-state index >= 15 is 0 Å². The number of ether oxygens (including phenoxy) is 3. The lowest BCUT2D eigenvalue weighted by Gasteiger charge is -2.22. The molecule has 1 aliphatic heterocycles. The minimum Gasteiger partial charge on any atom is -0.478 e. The summed E-state index contributed by atoms with van der Waals surface area (Å²) in [6.07, 6.45) is -4.00. The van der Waals surface area contributed by atoms with Crippen molar-refractivity contribution in [3.8, 4) is 5.75 Å². The van der Waals surface area contributed by atoms with Crippen LogP contribution in [0.25, 0.3) is 0 Å². The summed E-state index contributed by atoms with van der Waals surface area (Å²) in [7, 11) is 0. The highest BCUT2D eigenvalue weighted by molar-refractivity contribution is 5.98. The molecule has 2 heterocycles. The maximum Gasteiger partial charge on any atom is 0.339 e. The van der Waals surface area contributed by atoms with Crippen LogP contribution in [0.4, 0.5) is 0 Å². The zero-order valence-electron chi connectivity index (χ0n) is 15.7. The van der Waals surface area contributed by atoms with Crippen LogP contribution >= 0.6 is 0 Å². The van der Waals surface area contributed by atoms with Crippen LogP contribution in [0.1, 0.15) is 26.9 Å². The number of aromatic carboxylic acids is 2. The minimum absolute atomic E-state index is 0.423. The summed E-state index contributed by atoms with van der Waals surface area (Å²) in [5, 5.41) is 38.3. The van der Waals surface area contributed by atoms with Gasteiger partial charge in [-0.25, -0.2) is 14.4 Å². The number of nitrogens with zero attached hydrogens (tertiary/aromatic N) is 1. The van der Waals surface area contributed by atoms with E-state index in [1.54, 1.807) is 0 Å². The van der Waals surface area contributed by atoms with Crippen molar-refractivity contribution in [2.45, 2.75) is 24.5 Å². The zero-order chi connectivity index (χ0) is 22.7. The number of carboxylic acid groups (broad SMARTS) is 2. The molecule has 0 bridgehead atoms. The lowest BCUT2D eigenvalue weighted by molar-refractivity contribution is -0.111. The van der Waals surface area contributed by atoms with E-state index < -0.39 is 78.0 Å². The Labute approximate surface area is 172 Å². The molecule has 0 radical (unpaired) electrons. The molecule has 0 unspecified atom stereocenters. The molecule has 0 spiro atoms. The van der Waals surface area contributed by atoms with Crippen molar-refractivity contribution in [2.75, 3.05) is 13.4 Å². The molecular weight excluding hydrogens is 420 g/mol. The SMILES string of the molecule is O=C(O)c1cccc(C(=O)O)c1OCO[C@@H]1[C@H](O)[C@@H](CO)O[C@H]1n1ccc(=O)[nH]c1=O. The molecule has 13 heteroatoms. The maximum absolute atomic E-state index is 12.1. The zero-order valence-corrected chi connectivity index (χ0v) is 15.7. The topological polar surface area (TPSA) is 198 Å². The fourth-order valence-corrected chi connectivity index (χ4v) is 3.10. The molecule has 1 fully saturated rings. The second kappa shape index (κ2) is 9.09. The van der Waals surface area contributed by atoms with Gasteiger partial charge in [-0.2, -0.15) is 0 Å². The van der Waals surface area contributed by atoms with E-state index in [1.807, 2.05) is 4.98 Å². The van der Waals surface area contributed by atoms with Gasteiger partial charge >= 0.3 is 17.6 Å². The van der Waals surface area contributed by atoms with Gasteiger partial charge in [-0.15, -0.1) is 0 Å². The third-order valence-electron chi connectivity index (χ3n) is 4.56. The lowest BCUT2D eigenvalue weighted by Crippen LogP contribution is -2.40. The number of benzene rings is 1. The largest absolute Gasteiger partial charge is 0.478 e. The highest BCUT2D eigenvalue weighted by Gasteiger charge is 2.46. The van der Waals surface area contributed by atoms with Crippen LogP contribution in [0.15, 0.2) is 40.1 Å². The normalized spacial score (nSPS) is 22.9. The van der Waals surface area contributed by atoms with Crippen LogP contribution in [0.2, 0.25) is 0 Å². The van der Waals surface area contributed by atoms with E-state index in [4.69, 9.17) is 14.2 Å². The first kappa shape index (κ1) is 22.2. The van der Waals surface area contributed by atoms with Gasteiger partial charge in [0.2, 0.25) is 0 Å². The van der Waals surface area contributed by atoms with E-state index in [-0.39, 0.29) is 0 Å². The summed E-state index contributed by atoms with van der Waals surface area (Å²) in [5.41, 5.74) is -2.37. The number of carbonyl (C=O) groups is 2. The monoisotopic (exact) mass is 438 g/mol. The Morgan fingerprint density at radius 1 is 1.13 bits per heavy atom. The molecule has 166 valence electrons. The summed E-state index contributed by atoms with van der Waals surface area (Å²) in [6.45, 7) is -1.33. The van der Waals surface area contributed by atoms with Crippen molar-refractivity contribution in [3.05, 3.63) is 62.4 Å². The fraction of sp³-hybridized carbons (Fsp3) is 0.333. The number of rotatable bonds is 8. The van der Waals surface area contributed by atoms with Gasteiger partial charge in [0.05, 0.1) is 6.61 Å². The number of nitrogens with one attached hydrogen (secondary N) is 1. The average Bonchev–Trinajstić information content (AvgIpc) is 3.03. The van der Waals surface area contributed by atoms with Crippen LogP contribution < -0.4 is 16.0 Å². The molecule has 13 nitrogen and oxygen atoms in total. The van der Waals surface area contributed by atoms with E-state index in [9.17, 15) is 39.6 Å². The summed E-state index contributed by atoms with van der Waals surface area (Å²) in [5.74, 6) is -3.33. The quantitative estimate of drug-likeness (QED) is 0.304. The van der Waals surface area contributed by atoms with Gasteiger partial charge in [0.25, 0.3) is 5.56 Å². The summed E-state index contributed by atoms with van der Waals surface area (Å²) in [6, 6.07) is 4.56. The molecule has 0 saturated carbocycles. The first-order chi connectivity index (χ1) is 14.7. The van der Waals surface area contributed by atoms with Crippen molar-refractivity contribution in [1.29, 1.82) is 0 Å². The van der Waals surface area contributed by atoms with Crippen LogP contribution in [-0.4, -0.2) is 73.6 Å². The highest BCUT2D eigenvalue weighted by Crippen LogP contribution is 2.31. The van der Waals surface area contributed by atoms with Crippen LogP contribution in [-0.2, 0) is 9.47 Å². The standard InChI is InChI=1S/C18H18N2O11/c21-6-10-12(23)14(15(31-10)20-5-4-11(22)19-18(20)28)30-7-29-13-8(16(24)25)2-1-3-9(13)17(26)27/h1-5,10,12,14-15,21,23H,6-7H2,(H,24,25)(H,26,27)(H,19,22,28)/t10-,12-,14-,15-/m1/s1. The molecule has 2 aromatic rings. The average molecular weight is 438 g/mol. The number of aliphatic hydroxyl groups is 2. The van der Waals surface area contributed by atoms with E-state index in [2.05, 4.69) is 0 Å². The number of hydrogen-bond donors (Lipinski definition) is 5. The maximum atomic E-state index is 12.1. The van der Waals surface area contributed by atoms with Crippen molar-refractivity contribution in [2.24, 2.45) is 0 Å². The molecule has 1 aliphatic rings. The third-order valence-corrected chi connectivity index (χ3v) is 4.56. The molecule has 0 aliphatic carbocycles. The number of aliphatic hydroxyl groups excluding tert-OH is 2. The third kappa shape index (κ3) is 4.49. The Hall–Kier alpha value is -3.52. The molecule has 1 aromatic carbocycles. The molecule has 1 aromatic heterocycles. The van der Waals surface area contributed by atoms with Crippen molar-refractivity contribution < 1.29 is 44.2 Å². The summed E-state index contributed by atoms with van der Waals surface area (Å²) >= 11 is 0. The number of H-pyrrole nitrogens is 1. The summed E-state index contributed by atoms with van der Waals surface area (Å²) in [4.78, 5) is 48.1. The predicted molar refractivity (Wildman–Crippen MR) is 99.1 cm³/mol. The van der Waals surface area contributed by atoms with Crippen molar-refractivity contribution >= 4 is 11.9 Å². The second-order valence-corrected chi connectivity index (χ2v) is 6.44. The van der Waals surface area contributed by atoms with E-state index in [0.29, 0.717) is 0 Å². The molecule has 1 saturated heterocycles. The summed E-state index contributed by atoms with van der Waals surface area (Å²) < 4.78 is 17.0. The second-order valence-electron chi connectivity index (χ2n) is 6.44. The molecule has 31 heavy (non-hydrogen) atoms. The smallest absolute Gasteiger partial charge is 0.339 e. The number of aromatic amines is 1. The number of carboxylic acids is 2. The Kier molecular flexibility index (Phi) is 6.50. The van der Waals surface area contributed by atoms with Crippen molar-refractivity contribution in [1.82, 2.24) is 9.55 Å².